The van der Waals surface area contributed by atoms with Crippen molar-refractivity contribution in [2.75, 3.05) is 29.6 Å². The number of phenols is 1. The van der Waals surface area contributed by atoms with E-state index < -0.39 is 0 Å². The number of aromatic hydroxyl groups is 1. The maximum absolute atomic E-state index is 9.63. The van der Waals surface area contributed by atoms with Crippen LogP contribution in [0.4, 0.5) is 17.1 Å². The highest BCUT2D eigenvalue weighted by atomic mass is 32.2. The monoisotopic (exact) mass is 364 g/mol. The van der Waals surface area contributed by atoms with Crippen molar-refractivity contribution in [2.45, 2.75) is 4.90 Å². The van der Waals surface area contributed by atoms with Gasteiger partial charge in [-0.05, 0) is 60.7 Å². The number of rotatable bonds is 4. The summed E-state index contributed by atoms with van der Waals surface area (Å²) in [7, 11) is 0.302. The van der Waals surface area contributed by atoms with Crippen molar-refractivity contribution < 1.29 is 9.84 Å². The van der Waals surface area contributed by atoms with Crippen LogP contribution < -0.4 is 4.90 Å². The van der Waals surface area contributed by atoms with Crippen LogP contribution in [0.25, 0.3) is 0 Å². The maximum atomic E-state index is 9.63. The van der Waals surface area contributed by atoms with Crippen LogP contribution in [0.2, 0.25) is 0 Å². The van der Waals surface area contributed by atoms with Crippen LogP contribution in [0.5, 0.6) is 5.75 Å². The zero-order valence-electron chi connectivity index (χ0n) is 14.5. The molecule has 0 amide bonds. The van der Waals surface area contributed by atoms with E-state index in [0.717, 1.165) is 41.8 Å². The van der Waals surface area contributed by atoms with E-state index in [-0.39, 0.29) is 5.75 Å². The molecule has 1 N–H and O–H groups in total. The molecule has 3 aromatic carbocycles. The summed E-state index contributed by atoms with van der Waals surface area (Å²) >= 11 is 0. The summed E-state index contributed by atoms with van der Waals surface area (Å²) in [5.74, 6) is 2.53. The lowest BCUT2D eigenvalue weighted by Crippen LogP contribution is -2.26. The van der Waals surface area contributed by atoms with Crippen molar-refractivity contribution in [3.8, 4) is 5.75 Å². The van der Waals surface area contributed by atoms with Gasteiger partial charge in [-0.15, -0.1) is 0 Å². The Kier molecular flexibility index (Phi) is 5.14. The first-order valence-corrected chi connectivity index (χ1v) is 10.4. The molecule has 3 aromatic rings. The Morgan fingerprint density at radius 3 is 1.85 bits per heavy atom. The topological polar surface area (TPSA) is 32.7 Å². The van der Waals surface area contributed by atoms with Gasteiger partial charge in [0.05, 0.1) is 13.2 Å². The summed E-state index contributed by atoms with van der Waals surface area (Å²) in [6.07, 6.45) is 0. The predicted molar refractivity (Wildman–Crippen MR) is 109 cm³/mol. The van der Waals surface area contributed by atoms with Crippen molar-refractivity contribution in [1.82, 2.24) is 0 Å². The van der Waals surface area contributed by atoms with Crippen LogP contribution in [0.3, 0.4) is 0 Å². The van der Waals surface area contributed by atoms with Gasteiger partial charge in [0.15, 0.2) is 4.90 Å². The molecule has 132 valence electrons. The molecule has 1 heterocycles. The van der Waals surface area contributed by atoms with Gasteiger partial charge in [0.25, 0.3) is 0 Å². The first-order chi connectivity index (χ1) is 12.8. The van der Waals surface area contributed by atoms with E-state index in [4.69, 9.17) is 4.74 Å². The van der Waals surface area contributed by atoms with Gasteiger partial charge in [-0.2, -0.15) is 0 Å². The highest BCUT2D eigenvalue weighted by molar-refractivity contribution is 7.97. The Bertz CT molecular complexity index is 828. The molecule has 1 aliphatic rings. The average molecular weight is 364 g/mol. The number of hydrogen-bond acceptors (Lipinski definition) is 3. The zero-order valence-corrected chi connectivity index (χ0v) is 15.4. The van der Waals surface area contributed by atoms with Gasteiger partial charge in [-0.1, -0.05) is 18.2 Å². The highest BCUT2D eigenvalue weighted by Crippen LogP contribution is 2.35. The molecule has 26 heavy (non-hydrogen) atoms. The number of phenolic OH excluding ortho intramolecular Hbond substituents is 1. The van der Waals surface area contributed by atoms with Crippen LogP contribution in [-0.2, 0) is 15.6 Å². The fraction of sp³-hybridized carbons (Fsp3) is 0.182. The van der Waals surface area contributed by atoms with Crippen LogP contribution in [-0.4, -0.2) is 29.8 Å². The Labute approximate surface area is 157 Å². The smallest absolute Gasteiger partial charge is 0.155 e. The molecule has 4 heteroatoms. The molecule has 0 atom stereocenters. The van der Waals surface area contributed by atoms with Crippen molar-refractivity contribution in [3.05, 3.63) is 78.9 Å². The normalized spacial score (nSPS) is 14.9. The number of nitrogens with zero attached hydrogens (tertiary/aromatic N) is 1. The number of benzene rings is 3. The number of para-hydroxylation sites is 1. The summed E-state index contributed by atoms with van der Waals surface area (Å²) in [6.45, 7) is 1.74. The first kappa shape index (κ1) is 17.0. The Morgan fingerprint density at radius 2 is 1.23 bits per heavy atom. The van der Waals surface area contributed by atoms with E-state index in [1.54, 1.807) is 12.1 Å². The summed E-state index contributed by atoms with van der Waals surface area (Å²) in [5.41, 5.74) is 3.23. The second-order valence-electron chi connectivity index (χ2n) is 6.19. The molecule has 0 unspecified atom stereocenters. The van der Waals surface area contributed by atoms with Gasteiger partial charge in [0.2, 0.25) is 0 Å². The number of hydrogen-bond donors (Lipinski definition) is 1. The summed E-state index contributed by atoms with van der Waals surface area (Å²) in [5, 5.41) is 9.63. The highest BCUT2D eigenvalue weighted by Gasteiger charge is 2.25. The predicted octanol–water partition coefficient (Wildman–Crippen LogP) is 4.87. The molecular weight excluding hydrogens is 342 g/mol. The van der Waals surface area contributed by atoms with Gasteiger partial charge in [0.1, 0.15) is 17.3 Å². The van der Waals surface area contributed by atoms with Crippen molar-refractivity contribution in [3.63, 3.8) is 0 Å². The average Bonchev–Trinajstić information content (AvgIpc) is 2.72. The van der Waals surface area contributed by atoms with Gasteiger partial charge in [0, 0.05) is 28.0 Å². The second kappa shape index (κ2) is 7.85. The van der Waals surface area contributed by atoms with Gasteiger partial charge in [-0.25, -0.2) is 0 Å². The lowest BCUT2D eigenvalue weighted by Gasteiger charge is -2.25. The Balaban J connectivity index is 1.68. The van der Waals surface area contributed by atoms with Gasteiger partial charge in [-0.3, -0.25) is 0 Å². The second-order valence-corrected chi connectivity index (χ2v) is 8.47. The first-order valence-electron chi connectivity index (χ1n) is 8.81. The number of ether oxygens (including phenoxy) is 1. The maximum Gasteiger partial charge on any atom is 0.155 e. The fourth-order valence-electron chi connectivity index (χ4n) is 3.17. The Hall–Kier alpha value is -2.43. The lowest BCUT2D eigenvalue weighted by molar-refractivity contribution is 0.159. The summed E-state index contributed by atoms with van der Waals surface area (Å²) < 4.78 is 5.49. The minimum atomic E-state index is 0.276. The van der Waals surface area contributed by atoms with E-state index in [0.29, 0.717) is 10.9 Å². The SMILES string of the molecule is Oc1ccc(N(c2ccccc2)c2ccc([S+]3CCOCC3)cc2)cc1. The van der Waals surface area contributed by atoms with Crippen LogP contribution in [0.15, 0.2) is 83.8 Å². The largest absolute Gasteiger partial charge is 0.508 e. The molecule has 0 aromatic heterocycles. The van der Waals surface area contributed by atoms with Crippen molar-refractivity contribution in [1.29, 1.82) is 0 Å². The van der Waals surface area contributed by atoms with Crippen LogP contribution in [0, 0.1) is 0 Å². The molecule has 0 spiro atoms. The van der Waals surface area contributed by atoms with Crippen LogP contribution in [0.1, 0.15) is 0 Å². The third kappa shape index (κ3) is 3.71. The van der Waals surface area contributed by atoms with Gasteiger partial charge < -0.3 is 14.7 Å². The molecule has 0 bridgehead atoms. The van der Waals surface area contributed by atoms with Crippen molar-refractivity contribution >= 4 is 28.0 Å². The summed E-state index contributed by atoms with van der Waals surface area (Å²) in [4.78, 5) is 3.62. The van der Waals surface area contributed by atoms with E-state index in [1.165, 1.54) is 4.90 Å². The molecule has 4 rings (SSSR count). The fourth-order valence-corrected chi connectivity index (χ4v) is 5.01. The molecule has 0 radical (unpaired) electrons. The zero-order chi connectivity index (χ0) is 17.8. The third-order valence-corrected chi connectivity index (χ3v) is 6.76. The molecule has 1 fully saturated rings. The quantitative estimate of drug-likeness (QED) is 0.671. The molecule has 1 aliphatic heterocycles. The lowest BCUT2D eigenvalue weighted by atomic mass is 10.2. The Morgan fingerprint density at radius 1 is 0.692 bits per heavy atom. The van der Waals surface area contributed by atoms with E-state index in [1.807, 2.05) is 30.3 Å². The minimum absolute atomic E-state index is 0.276. The van der Waals surface area contributed by atoms with Crippen LogP contribution >= 0.6 is 0 Å². The third-order valence-electron chi connectivity index (χ3n) is 4.50. The van der Waals surface area contributed by atoms with E-state index >= 15 is 0 Å². The summed E-state index contributed by atoms with van der Waals surface area (Å²) in [6, 6.07) is 26.5. The van der Waals surface area contributed by atoms with E-state index in [9.17, 15) is 5.11 Å². The molecule has 1 saturated heterocycles. The molecule has 0 saturated carbocycles. The van der Waals surface area contributed by atoms with Gasteiger partial charge >= 0.3 is 0 Å². The molecule has 0 aliphatic carbocycles. The standard InChI is InChI=1S/C22H21NO2S/c24-21-10-6-19(7-11-21)23(18-4-2-1-3-5-18)20-8-12-22(13-9-20)26-16-14-25-15-17-26/h1-13H,14-17H2/p+1. The minimum Gasteiger partial charge on any atom is -0.508 e. The number of anilines is 3. The molecule has 3 nitrogen and oxygen atoms in total. The van der Waals surface area contributed by atoms with Crippen molar-refractivity contribution in [2.24, 2.45) is 0 Å². The molecular formula is C22H22NO2S+. The van der Waals surface area contributed by atoms with E-state index in [2.05, 4.69) is 41.3 Å².